The van der Waals surface area contributed by atoms with Crippen LogP contribution >= 0.6 is 0 Å². The van der Waals surface area contributed by atoms with Crippen LogP contribution < -0.4 is 0 Å². The summed E-state index contributed by atoms with van der Waals surface area (Å²) in [5.74, 6) is 0. The van der Waals surface area contributed by atoms with Gasteiger partial charge in [-0.05, 0) is 38.0 Å². The molecule has 1 rings (SSSR count). The Morgan fingerprint density at radius 2 is 2.00 bits per heavy atom. The summed E-state index contributed by atoms with van der Waals surface area (Å²) in [7, 11) is -3.86. The Labute approximate surface area is 120 Å². The van der Waals surface area contributed by atoms with Crippen molar-refractivity contribution in [2.45, 2.75) is 38.5 Å². The number of carbonyl (C=O) groups is 1. The van der Waals surface area contributed by atoms with Crippen LogP contribution in [-0.4, -0.2) is 32.0 Å². The number of rotatable bonds is 6. The molecule has 1 aromatic rings. The number of nitrogens with zero attached hydrogens (tertiary/aromatic N) is 1. The van der Waals surface area contributed by atoms with Crippen LogP contribution in [0, 0.1) is 6.92 Å². The third-order valence-corrected chi connectivity index (χ3v) is 4.53. The molecule has 0 aliphatic carbocycles. The number of hydrogen-bond donors (Lipinski definition) is 0. The minimum atomic E-state index is -3.86. The predicted molar refractivity (Wildman–Crippen MR) is 77.0 cm³/mol. The van der Waals surface area contributed by atoms with Crippen molar-refractivity contribution in [1.82, 2.24) is 4.31 Å². The molecule has 0 fully saturated rings. The Hall–Kier alpha value is -1.56. The van der Waals surface area contributed by atoms with Gasteiger partial charge in [0.25, 0.3) is 10.0 Å². The van der Waals surface area contributed by atoms with E-state index in [0.29, 0.717) is 6.42 Å². The van der Waals surface area contributed by atoms with Crippen molar-refractivity contribution in [2.24, 2.45) is 0 Å². The maximum absolute atomic E-state index is 12.5. The largest absolute Gasteiger partial charge is 0.449 e. The topological polar surface area (TPSA) is 63.7 Å². The lowest BCUT2D eigenvalue weighted by Gasteiger charge is -2.21. The molecule has 5 nitrogen and oxygen atoms in total. The number of benzene rings is 1. The van der Waals surface area contributed by atoms with E-state index in [2.05, 4.69) is 0 Å². The summed E-state index contributed by atoms with van der Waals surface area (Å²) in [6, 6.07) is 6.50. The first-order valence-electron chi connectivity index (χ1n) is 6.69. The van der Waals surface area contributed by atoms with Crippen molar-refractivity contribution < 1.29 is 17.9 Å². The highest BCUT2D eigenvalue weighted by molar-refractivity contribution is 7.89. The van der Waals surface area contributed by atoms with Gasteiger partial charge in [0, 0.05) is 6.54 Å². The first kappa shape index (κ1) is 16.5. The van der Waals surface area contributed by atoms with Crippen LogP contribution in [0.2, 0.25) is 0 Å². The highest BCUT2D eigenvalue weighted by Gasteiger charge is 2.29. The van der Waals surface area contributed by atoms with E-state index in [1.807, 2.05) is 6.92 Å². The maximum Gasteiger partial charge on any atom is 0.423 e. The van der Waals surface area contributed by atoms with Crippen molar-refractivity contribution in [1.29, 1.82) is 0 Å². The second kappa shape index (κ2) is 7.28. The zero-order valence-electron chi connectivity index (χ0n) is 12.1. The van der Waals surface area contributed by atoms with Gasteiger partial charge in [0.2, 0.25) is 0 Å². The van der Waals surface area contributed by atoms with Crippen molar-refractivity contribution in [3.63, 3.8) is 0 Å². The minimum Gasteiger partial charge on any atom is -0.449 e. The second-order valence-electron chi connectivity index (χ2n) is 4.45. The van der Waals surface area contributed by atoms with Crippen molar-refractivity contribution >= 4 is 16.1 Å². The number of hydrogen-bond acceptors (Lipinski definition) is 4. The normalized spacial score (nSPS) is 11.2. The molecule has 0 spiro atoms. The summed E-state index contributed by atoms with van der Waals surface area (Å²) >= 11 is 0. The summed E-state index contributed by atoms with van der Waals surface area (Å²) < 4.78 is 30.7. The number of carbonyl (C=O) groups excluding carboxylic acids is 1. The molecule has 0 heterocycles. The Bertz CT molecular complexity index is 554. The fourth-order valence-electron chi connectivity index (χ4n) is 1.71. The van der Waals surface area contributed by atoms with Gasteiger partial charge in [-0.1, -0.05) is 25.5 Å². The van der Waals surface area contributed by atoms with Gasteiger partial charge < -0.3 is 4.74 Å². The number of sulfonamides is 1. The number of unbranched alkanes of at least 4 members (excludes halogenated alkanes) is 1. The molecule has 0 radical (unpaired) electrons. The van der Waals surface area contributed by atoms with E-state index >= 15 is 0 Å². The average Bonchev–Trinajstić information content (AvgIpc) is 2.39. The monoisotopic (exact) mass is 299 g/mol. The van der Waals surface area contributed by atoms with E-state index in [-0.39, 0.29) is 18.0 Å². The summed E-state index contributed by atoms with van der Waals surface area (Å²) in [6.45, 7) is 5.66. The van der Waals surface area contributed by atoms with Crippen molar-refractivity contribution in [3.8, 4) is 0 Å². The smallest absolute Gasteiger partial charge is 0.423 e. The number of amides is 1. The third kappa shape index (κ3) is 3.96. The van der Waals surface area contributed by atoms with Gasteiger partial charge in [-0.3, -0.25) is 0 Å². The Morgan fingerprint density at radius 3 is 2.55 bits per heavy atom. The van der Waals surface area contributed by atoms with Gasteiger partial charge in [0.15, 0.2) is 0 Å². The van der Waals surface area contributed by atoms with Crippen LogP contribution in [0.15, 0.2) is 29.2 Å². The van der Waals surface area contributed by atoms with Gasteiger partial charge in [-0.25, -0.2) is 17.5 Å². The summed E-state index contributed by atoms with van der Waals surface area (Å²) in [5, 5.41) is 0. The zero-order chi connectivity index (χ0) is 15.2. The molecule has 6 heteroatoms. The molecule has 20 heavy (non-hydrogen) atoms. The molecule has 1 amide bonds. The van der Waals surface area contributed by atoms with Crippen LogP contribution in [0.25, 0.3) is 0 Å². The Kier molecular flexibility index (Phi) is 6.01. The lowest BCUT2D eigenvalue weighted by molar-refractivity contribution is 0.130. The quantitative estimate of drug-likeness (QED) is 0.810. The van der Waals surface area contributed by atoms with Crippen LogP contribution in [0.5, 0.6) is 0 Å². The van der Waals surface area contributed by atoms with Crippen LogP contribution in [0.1, 0.15) is 32.3 Å². The van der Waals surface area contributed by atoms with Crippen LogP contribution in [-0.2, 0) is 14.8 Å². The van der Waals surface area contributed by atoms with E-state index < -0.39 is 16.1 Å². The SMILES string of the molecule is CCCCN(C(=O)OCC)S(=O)(=O)c1cccc(C)c1. The fraction of sp³-hybridized carbons (Fsp3) is 0.500. The molecule has 0 saturated carbocycles. The fourth-order valence-corrected chi connectivity index (χ4v) is 3.17. The molecule has 0 saturated heterocycles. The lowest BCUT2D eigenvalue weighted by atomic mass is 10.2. The maximum atomic E-state index is 12.5. The van der Waals surface area contributed by atoms with E-state index in [1.54, 1.807) is 32.0 Å². The Morgan fingerprint density at radius 1 is 1.30 bits per heavy atom. The first-order valence-corrected chi connectivity index (χ1v) is 8.13. The second-order valence-corrected chi connectivity index (χ2v) is 6.31. The number of aryl methyl sites for hydroxylation is 1. The first-order chi connectivity index (χ1) is 9.43. The molecule has 0 aliphatic heterocycles. The van der Waals surface area contributed by atoms with Crippen LogP contribution in [0.3, 0.4) is 0 Å². The molecule has 0 aromatic heterocycles. The van der Waals surface area contributed by atoms with Crippen molar-refractivity contribution in [2.75, 3.05) is 13.2 Å². The minimum absolute atomic E-state index is 0.113. The van der Waals surface area contributed by atoms with Crippen molar-refractivity contribution in [3.05, 3.63) is 29.8 Å². The van der Waals surface area contributed by atoms with Gasteiger partial charge in [0.1, 0.15) is 0 Å². The van der Waals surface area contributed by atoms with Gasteiger partial charge in [-0.2, -0.15) is 0 Å². The average molecular weight is 299 g/mol. The molecule has 112 valence electrons. The number of ether oxygens (including phenoxy) is 1. The molecule has 0 atom stereocenters. The van der Waals surface area contributed by atoms with E-state index in [9.17, 15) is 13.2 Å². The van der Waals surface area contributed by atoms with Gasteiger partial charge >= 0.3 is 6.09 Å². The Balaban J connectivity index is 3.13. The zero-order valence-corrected chi connectivity index (χ0v) is 12.9. The van der Waals surface area contributed by atoms with E-state index in [1.165, 1.54) is 6.07 Å². The molecule has 0 bridgehead atoms. The summed E-state index contributed by atoms with van der Waals surface area (Å²) in [4.78, 5) is 12.0. The summed E-state index contributed by atoms with van der Waals surface area (Å²) in [5.41, 5.74) is 0.824. The van der Waals surface area contributed by atoms with Gasteiger partial charge in [0.05, 0.1) is 11.5 Å². The molecular formula is C14H21NO4S. The molecular weight excluding hydrogens is 278 g/mol. The standard InChI is InChI=1S/C14H21NO4S/c1-4-6-10-15(14(16)19-5-2)20(17,18)13-9-7-8-12(3)11-13/h7-9,11H,4-6,10H2,1-3H3. The lowest BCUT2D eigenvalue weighted by Crippen LogP contribution is -2.38. The molecule has 1 aromatic carbocycles. The van der Waals surface area contributed by atoms with E-state index in [0.717, 1.165) is 16.3 Å². The molecule has 0 unspecified atom stereocenters. The highest BCUT2D eigenvalue weighted by atomic mass is 32.2. The summed E-state index contributed by atoms with van der Waals surface area (Å²) in [6.07, 6.45) is 0.575. The highest BCUT2D eigenvalue weighted by Crippen LogP contribution is 2.18. The van der Waals surface area contributed by atoms with E-state index in [4.69, 9.17) is 4.74 Å². The van der Waals surface area contributed by atoms with Crippen LogP contribution in [0.4, 0.5) is 4.79 Å². The molecule has 0 aliphatic rings. The third-order valence-electron chi connectivity index (χ3n) is 2.76. The predicted octanol–water partition coefficient (Wildman–Crippen LogP) is 2.94. The van der Waals surface area contributed by atoms with Gasteiger partial charge in [-0.15, -0.1) is 0 Å². The molecule has 0 N–H and O–H groups in total.